The van der Waals surface area contributed by atoms with Crippen LogP contribution in [0.4, 0.5) is 14.4 Å². The summed E-state index contributed by atoms with van der Waals surface area (Å²) in [7, 11) is 0. The molecule has 0 aliphatic carbocycles. The molecule has 0 radical (unpaired) electrons. The predicted molar refractivity (Wildman–Crippen MR) is 153 cm³/mol. The molecule has 0 aromatic rings. The molecule has 0 unspecified atom stereocenters. The molecular formula is C27H48N6O7. The maximum Gasteiger partial charge on any atom is 0.333 e. The molecule has 0 aromatic heterocycles. The minimum atomic E-state index is -0.545. The Labute approximate surface area is 238 Å². The van der Waals surface area contributed by atoms with Crippen molar-refractivity contribution in [3.63, 3.8) is 0 Å². The van der Waals surface area contributed by atoms with Gasteiger partial charge in [-0.3, -0.25) is 0 Å². The van der Waals surface area contributed by atoms with Crippen LogP contribution in [0.3, 0.4) is 0 Å². The number of unbranched alkanes of at least 4 members (excludes halogenated alkanes) is 2. The molecule has 0 rings (SSSR count). The van der Waals surface area contributed by atoms with Gasteiger partial charge in [-0.25, -0.2) is 24.0 Å². The Morgan fingerprint density at radius 2 is 1.05 bits per heavy atom. The van der Waals surface area contributed by atoms with E-state index in [1.807, 2.05) is 13.8 Å². The number of nitrogens with one attached hydrogen (secondary N) is 4. The van der Waals surface area contributed by atoms with Gasteiger partial charge in [-0.1, -0.05) is 39.8 Å². The Hall–Kier alpha value is -3.77. The van der Waals surface area contributed by atoms with Crippen molar-refractivity contribution in [2.24, 2.45) is 0 Å². The normalized spacial score (nSPS) is 10.1. The first-order valence-corrected chi connectivity index (χ1v) is 13.8. The molecule has 0 aliphatic heterocycles. The van der Waals surface area contributed by atoms with Gasteiger partial charge in [-0.15, -0.1) is 0 Å². The summed E-state index contributed by atoms with van der Waals surface area (Å²) < 4.78 is 9.93. The Balaban J connectivity index is 4.98. The number of rotatable bonds is 20. The highest BCUT2D eigenvalue weighted by molar-refractivity contribution is 5.87. The zero-order valence-electron chi connectivity index (χ0n) is 24.6. The first kappa shape index (κ1) is 36.2. The minimum Gasteiger partial charge on any atom is -0.460 e. The van der Waals surface area contributed by atoms with Crippen LogP contribution >= 0.6 is 0 Å². The van der Waals surface area contributed by atoms with Gasteiger partial charge in [0, 0.05) is 50.4 Å². The van der Waals surface area contributed by atoms with Crippen LogP contribution in [0.1, 0.15) is 53.4 Å². The second-order valence-electron chi connectivity index (χ2n) is 9.16. The number of hydrogen-bond acceptors (Lipinski definition) is 7. The number of esters is 2. The van der Waals surface area contributed by atoms with E-state index in [9.17, 15) is 24.0 Å². The van der Waals surface area contributed by atoms with Crippen LogP contribution in [0.5, 0.6) is 0 Å². The van der Waals surface area contributed by atoms with E-state index < -0.39 is 24.0 Å². The largest absolute Gasteiger partial charge is 0.460 e. The number of hydrogen-bond donors (Lipinski definition) is 4. The molecule has 0 bridgehead atoms. The standard InChI is InChI=1S/C27H48N6O7/c1-7-9-11-30-26(37)32(15-10-8-2)17-18-33(27(38)31-14-20-40-24(35)22(5)6)16-12-28-25(36)29-13-19-39-23(34)21(3)4/h3,5,7-20H2,1-2,4,6H3,(H,30,37)(H,31,38)(H2,28,29,36). The summed E-state index contributed by atoms with van der Waals surface area (Å²) in [6.45, 7) is 16.3. The minimum absolute atomic E-state index is 0.00247. The third-order valence-corrected chi connectivity index (χ3v) is 5.40. The van der Waals surface area contributed by atoms with E-state index in [0.29, 0.717) is 19.6 Å². The van der Waals surface area contributed by atoms with Gasteiger partial charge >= 0.3 is 30.0 Å². The van der Waals surface area contributed by atoms with Crippen LogP contribution in [0, 0.1) is 0 Å². The van der Waals surface area contributed by atoms with Gasteiger partial charge in [0.05, 0.1) is 13.1 Å². The van der Waals surface area contributed by atoms with Gasteiger partial charge < -0.3 is 40.5 Å². The number of amides is 6. The molecule has 0 saturated heterocycles. The topological polar surface area (TPSA) is 158 Å². The molecule has 13 heteroatoms. The fourth-order valence-electron chi connectivity index (χ4n) is 3.04. The number of carbonyl (C=O) groups is 5. The van der Waals surface area contributed by atoms with Gasteiger partial charge in [0.15, 0.2) is 0 Å². The monoisotopic (exact) mass is 568 g/mol. The molecule has 6 amide bonds. The Morgan fingerprint density at radius 3 is 1.55 bits per heavy atom. The zero-order valence-corrected chi connectivity index (χ0v) is 24.6. The van der Waals surface area contributed by atoms with Crippen LogP contribution in [-0.4, -0.2) is 105 Å². The lowest BCUT2D eigenvalue weighted by atomic mass is 10.3. The van der Waals surface area contributed by atoms with Gasteiger partial charge in [0.2, 0.25) is 0 Å². The van der Waals surface area contributed by atoms with E-state index in [1.54, 1.807) is 4.90 Å². The quantitative estimate of drug-likeness (QED) is 0.0995. The van der Waals surface area contributed by atoms with Crippen LogP contribution < -0.4 is 21.3 Å². The van der Waals surface area contributed by atoms with E-state index in [-0.39, 0.29) is 63.1 Å². The number of nitrogens with zero attached hydrogens (tertiary/aromatic N) is 2. The number of ether oxygens (including phenoxy) is 2. The molecular weight excluding hydrogens is 520 g/mol. The lowest BCUT2D eigenvalue weighted by molar-refractivity contribution is -0.139. The molecule has 0 aliphatic rings. The van der Waals surface area contributed by atoms with Gasteiger partial charge in [0.1, 0.15) is 13.2 Å². The highest BCUT2D eigenvalue weighted by atomic mass is 16.5. The van der Waals surface area contributed by atoms with Crippen molar-refractivity contribution < 1.29 is 33.4 Å². The van der Waals surface area contributed by atoms with Crippen molar-refractivity contribution >= 4 is 30.0 Å². The van der Waals surface area contributed by atoms with E-state index >= 15 is 0 Å². The summed E-state index contributed by atoms with van der Waals surface area (Å²) in [4.78, 5) is 63.7. The van der Waals surface area contributed by atoms with Crippen molar-refractivity contribution in [1.29, 1.82) is 0 Å². The van der Waals surface area contributed by atoms with Crippen molar-refractivity contribution in [3.05, 3.63) is 24.3 Å². The highest BCUT2D eigenvalue weighted by Gasteiger charge is 2.18. The summed E-state index contributed by atoms with van der Waals surface area (Å²) in [5.41, 5.74) is 0.527. The number of urea groups is 3. The molecule has 13 nitrogen and oxygen atoms in total. The van der Waals surface area contributed by atoms with Gasteiger partial charge in [0.25, 0.3) is 0 Å². The third-order valence-electron chi connectivity index (χ3n) is 5.40. The summed E-state index contributed by atoms with van der Waals surface area (Å²) in [6, 6.07) is -1.10. The first-order valence-electron chi connectivity index (χ1n) is 13.8. The summed E-state index contributed by atoms with van der Waals surface area (Å²) in [5, 5.41) is 10.8. The van der Waals surface area contributed by atoms with E-state index in [2.05, 4.69) is 34.4 Å². The average molecular weight is 569 g/mol. The van der Waals surface area contributed by atoms with Crippen LogP contribution in [0.25, 0.3) is 0 Å². The van der Waals surface area contributed by atoms with Crippen molar-refractivity contribution in [2.75, 3.05) is 65.6 Å². The fourth-order valence-corrected chi connectivity index (χ4v) is 3.04. The third kappa shape index (κ3) is 17.7. The molecule has 0 fully saturated rings. The Kier molecular flexibility index (Phi) is 20.0. The molecule has 0 heterocycles. The predicted octanol–water partition coefficient (Wildman–Crippen LogP) is 2.15. The number of carbonyl (C=O) groups excluding carboxylic acids is 5. The van der Waals surface area contributed by atoms with Crippen molar-refractivity contribution in [2.45, 2.75) is 53.4 Å². The second kappa shape index (κ2) is 22.1. The summed E-state index contributed by atoms with van der Waals surface area (Å²) in [6.07, 6.45) is 3.58. The van der Waals surface area contributed by atoms with E-state index in [4.69, 9.17) is 9.47 Å². The second-order valence-corrected chi connectivity index (χ2v) is 9.16. The average Bonchev–Trinajstić information content (AvgIpc) is 2.91. The summed E-state index contributed by atoms with van der Waals surface area (Å²) in [5.74, 6) is -1.08. The zero-order chi connectivity index (χ0) is 30.3. The van der Waals surface area contributed by atoms with Crippen LogP contribution in [0.15, 0.2) is 24.3 Å². The molecule has 0 atom stereocenters. The Bertz CT molecular complexity index is 849. The molecule has 0 aromatic carbocycles. The smallest absolute Gasteiger partial charge is 0.333 e. The van der Waals surface area contributed by atoms with Gasteiger partial charge in [-0.2, -0.15) is 0 Å². The summed E-state index contributed by atoms with van der Waals surface area (Å²) >= 11 is 0. The first-order chi connectivity index (χ1) is 19.0. The van der Waals surface area contributed by atoms with Crippen molar-refractivity contribution in [3.8, 4) is 0 Å². The lowest BCUT2D eigenvalue weighted by Crippen LogP contribution is -2.50. The highest BCUT2D eigenvalue weighted by Crippen LogP contribution is 2.00. The maximum atomic E-state index is 12.9. The maximum absolute atomic E-state index is 12.9. The Morgan fingerprint density at radius 1 is 0.600 bits per heavy atom. The molecule has 40 heavy (non-hydrogen) atoms. The van der Waals surface area contributed by atoms with Crippen LogP contribution in [-0.2, 0) is 19.1 Å². The molecule has 4 N–H and O–H groups in total. The molecule has 228 valence electrons. The van der Waals surface area contributed by atoms with Gasteiger partial charge in [-0.05, 0) is 26.7 Å². The molecule has 0 spiro atoms. The van der Waals surface area contributed by atoms with E-state index in [0.717, 1.165) is 25.7 Å². The van der Waals surface area contributed by atoms with Crippen LogP contribution in [0.2, 0.25) is 0 Å². The fraction of sp³-hybridized carbons (Fsp3) is 0.667. The van der Waals surface area contributed by atoms with Crippen molar-refractivity contribution in [1.82, 2.24) is 31.1 Å². The van der Waals surface area contributed by atoms with E-state index in [1.165, 1.54) is 18.7 Å². The molecule has 0 saturated carbocycles. The SMILES string of the molecule is C=C(C)C(=O)OCCNC(=O)NCCN(CCN(CCCC)C(=O)NCCCC)C(=O)NCCOC(=O)C(=C)C. The lowest BCUT2D eigenvalue weighted by Gasteiger charge is -2.28.